The first kappa shape index (κ1) is 14.3. The van der Waals surface area contributed by atoms with Gasteiger partial charge in [0, 0.05) is 30.0 Å². The summed E-state index contributed by atoms with van der Waals surface area (Å²) in [6.07, 6.45) is 8.65. The van der Waals surface area contributed by atoms with E-state index < -0.39 is 0 Å². The SMILES string of the molecule is CC.CC(=N)[C@H]1CCO[C@@H](c2cnn(C3CC3)c2)C1. The first-order chi connectivity index (χ1) is 9.24. The molecule has 3 rings (SSSR count). The summed E-state index contributed by atoms with van der Waals surface area (Å²) in [4.78, 5) is 0. The maximum atomic E-state index is 7.75. The third-order valence-corrected chi connectivity index (χ3v) is 3.81. The number of rotatable bonds is 3. The van der Waals surface area contributed by atoms with Crippen LogP contribution in [0.5, 0.6) is 0 Å². The summed E-state index contributed by atoms with van der Waals surface area (Å²) in [6.45, 7) is 6.67. The van der Waals surface area contributed by atoms with Gasteiger partial charge < -0.3 is 10.1 Å². The molecule has 0 radical (unpaired) electrons. The Morgan fingerprint density at radius 2 is 2.11 bits per heavy atom. The minimum Gasteiger partial charge on any atom is -0.373 e. The van der Waals surface area contributed by atoms with Gasteiger partial charge in [0.25, 0.3) is 0 Å². The number of hydrogen-bond donors (Lipinski definition) is 1. The van der Waals surface area contributed by atoms with Crippen LogP contribution < -0.4 is 0 Å². The number of nitrogens with zero attached hydrogens (tertiary/aromatic N) is 2. The Labute approximate surface area is 115 Å². The fraction of sp³-hybridized carbons (Fsp3) is 0.733. The molecule has 4 nitrogen and oxygen atoms in total. The normalized spacial score (nSPS) is 26.5. The zero-order chi connectivity index (χ0) is 13.8. The number of aromatic nitrogens is 2. The van der Waals surface area contributed by atoms with Gasteiger partial charge in [0.05, 0.1) is 18.3 Å². The summed E-state index contributed by atoms with van der Waals surface area (Å²) < 4.78 is 7.88. The van der Waals surface area contributed by atoms with Gasteiger partial charge in [-0.05, 0) is 32.6 Å². The first-order valence-corrected chi connectivity index (χ1v) is 7.44. The summed E-state index contributed by atoms with van der Waals surface area (Å²) in [5.41, 5.74) is 1.97. The van der Waals surface area contributed by atoms with Crippen molar-refractivity contribution < 1.29 is 4.74 Å². The predicted octanol–water partition coefficient (Wildman–Crippen LogP) is 3.75. The lowest BCUT2D eigenvalue weighted by molar-refractivity contribution is 0.00259. The summed E-state index contributed by atoms with van der Waals surface area (Å²) in [5, 5.41) is 12.2. The van der Waals surface area contributed by atoms with Gasteiger partial charge in [0.1, 0.15) is 0 Å². The van der Waals surface area contributed by atoms with Crippen molar-refractivity contribution in [2.75, 3.05) is 6.61 Å². The van der Waals surface area contributed by atoms with Crippen LogP contribution in [0, 0.1) is 11.3 Å². The molecule has 1 saturated carbocycles. The topological polar surface area (TPSA) is 50.9 Å². The molecule has 0 amide bonds. The van der Waals surface area contributed by atoms with Crippen molar-refractivity contribution in [3.05, 3.63) is 18.0 Å². The summed E-state index contributed by atoms with van der Waals surface area (Å²) >= 11 is 0. The quantitative estimate of drug-likeness (QED) is 0.844. The molecule has 0 unspecified atom stereocenters. The molecule has 0 spiro atoms. The van der Waals surface area contributed by atoms with Crippen LogP contribution in [-0.2, 0) is 4.74 Å². The van der Waals surface area contributed by atoms with Crippen molar-refractivity contribution in [2.45, 2.75) is 58.6 Å². The Morgan fingerprint density at radius 3 is 2.74 bits per heavy atom. The van der Waals surface area contributed by atoms with Crippen LogP contribution in [0.15, 0.2) is 12.4 Å². The molecule has 4 heteroatoms. The van der Waals surface area contributed by atoms with Crippen molar-refractivity contribution >= 4 is 5.71 Å². The smallest absolute Gasteiger partial charge is 0.0861 e. The molecule has 1 aliphatic heterocycles. The second-order valence-electron chi connectivity index (χ2n) is 5.25. The Balaban J connectivity index is 0.000000637. The van der Waals surface area contributed by atoms with Crippen molar-refractivity contribution in [2.24, 2.45) is 5.92 Å². The highest BCUT2D eigenvalue weighted by molar-refractivity contribution is 5.81. The fourth-order valence-corrected chi connectivity index (χ4v) is 2.48. The highest BCUT2D eigenvalue weighted by atomic mass is 16.5. The number of hydrogen-bond acceptors (Lipinski definition) is 3. The van der Waals surface area contributed by atoms with Crippen LogP contribution in [0.25, 0.3) is 0 Å². The summed E-state index contributed by atoms with van der Waals surface area (Å²) in [7, 11) is 0. The minimum absolute atomic E-state index is 0.140. The van der Waals surface area contributed by atoms with Crippen LogP contribution in [-0.4, -0.2) is 22.1 Å². The lowest BCUT2D eigenvalue weighted by Crippen LogP contribution is -2.23. The van der Waals surface area contributed by atoms with Crippen molar-refractivity contribution in [3.63, 3.8) is 0 Å². The van der Waals surface area contributed by atoms with E-state index in [1.165, 1.54) is 18.4 Å². The highest BCUT2D eigenvalue weighted by Crippen LogP contribution is 2.36. The number of nitrogens with one attached hydrogen (secondary N) is 1. The van der Waals surface area contributed by atoms with Gasteiger partial charge in [0.15, 0.2) is 0 Å². The molecule has 2 fully saturated rings. The molecule has 2 heterocycles. The van der Waals surface area contributed by atoms with Crippen molar-refractivity contribution in [3.8, 4) is 0 Å². The third kappa shape index (κ3) is 3.44. The van der Waals surface area contributed by atoms with Gasteiger partial charge in [0.2, 0.25) is 0 Å². The maximum absolute atomic E-state index is 7.75. The maximum Gasteiger partial charge on any atom is 0.0861 e. The molecule has 1 aliphatic carbocycles. The van der Waals surface area contributed by atoms with E-state index in [2.05, 4.69) is 16.0 Å². The van der Waals surface area contributed by atoms with Crippen LogP contribution in [0.2, 0.25) is 0 Å². The molecule has 2 aliphatic rings. The van der Waals surface area contributed by atoms with Crippen molar-refractivity contribution in [1.29, 1.82) is 5.41 Å². The first-order valence-electron chi connectivity index (χ1n) is 7.44. The average Bonchev–Trinajstić information content (AvgIpc) is 3.19. The fourth-order valence-electron chi connectivity index (χ4n) is 2.48. The predicted molar refractivity (Wildman–Crippen MR) is 76.7 cm³/mol. The number of ether oxygens (including phenoxy) is 1. The van der Waals surface area contributed by atoms with Crippen molar-refractivity contribution in [1.82, 2.24) is 9.78 Å². The zero-order valence-corrected chi connectivity index (χ0v) is 12.2. The van der Waals surface area contributed by atoms with Crippen LogP contribution >= 0.6 is 0 Å². The van der Waals surface area contributed by atoms with E-state index in [0.29, 0.717) is 12.0 Å². The molecule has 2 atom stereocenters. The lowest BCUT2D eigenvalue weighted by atomic mass is 9.90. The highest BCUT2D eigenvalue weighted by Gasteiger charge is 2.28. The Bertz CT molecular complexity index is 423. The van der Waals surface area contributed by atoms with E-state index >= 15 is 0 Å². The molecule has 1 N–H and O–H groups in total. The second-order valence-corrected chi connectivity index (χ2v) is 5.25. The average molecular weight is 263 g/mol. The molecule has 0 aromatic carbocycles. The van der Waals surface area contributed by atoms with Gasteiger partial charge in [-0.2, -0.15) is 5.10 Å². The molecule has 19 heavy (non-hydrogen) atoms. The molecule has 106 valence electrons. The summed E-state index contributed by atoms with van der Waals surface area (Å²) in [5.74, 6) is 0.387. The molecular formula is C15H25N3O. The monoisotopic (exact) mass is 263 g/mol. The van der Waals surface area contributed by atoms with Crippen LogP contribution in [0.3, 0.4) is 0 Å². The zero-order valence-electron chi connectivity index (χ0n) is 12.2. The van der Waals surface area contributed by atoms with Gasteiger partial charge in [-0.25, -0.2) is 0 Å². The van der Waals surface area contributed by atoms with Gasteiger partial charge in [-0.15, -0.1) is 0 Å². The molecule has 0 bridgehead atoms. The Morgan fingerprint density at radius 1 is 1.37 bits per heavy atom. The molecular weight excluding hydrogens is 238 g/mol. The van der Waals surface area contributed by atoms with E-state index in [0.717, 1.165) is 25.2 Å². The largest absolute Gasteiger partial charge is 0.373 e. The third-order valence-electron chi connectivity index (χ3n) is 3.81. The minimum atomic E-state index is 0.140. The second kappa shape index (κ2) is 6.33. The standard InChI is InChI=1S/C13H19N3O.C2H6/c1-9(14)10-4-5-17-13(6-10)11-7-15-16(8-11)12-2-3-12;1-2/h7-8,10,12-14H,2-6H2,1H3;1-2H3/t10-,13+;/m0./s1. The Kier molecular flexibility index (Phi) is 4.75. The van der Waals surface area contributed by atoms with E-state index in [1.807, 2.05) is 27.0 Å². The van der Waals surface area contributed by atoms with Crippen LogP contribution in [0.1, 0.15) is 64.2 Å². The molecule has 1 aromatic rings. The van der Waals surface area contributed by atoms with E-state index in [1.54, 1.807) is 0 Å². The van der Waals surface area contributed by atoms with E-state index in [9.17, 15) is 0 Å². The van der Waals surface area contributed by atoms with Gasteiger partial charge in [-0.3, -0.25) is 4.68 Å². The molecule has 1 aromatic heterocycles. The summed E-state index contributed by atoms with van der Waals surface area (Å²) in [6, 6.07) is 0.632. The van der Waals surface area contributed by atoms with E-state index in [-0.39, 0.29) is 6.10 Å². The lowest BCUT2D eigenvalue weighted by Gasteiger charge is -2.28. The molecule has 1 saturated heterocycles. The van der Waals surface area contributed by atoms with Crippen LogP contribution in [0.4, 0.5) is 0 Å². The Hall–Kier alpha value is -1.16. The van der Waals surface area contributed by atoms with Gasteiger partial charge >= 0.3 is 0 Å². The van der Waals surface area contributed by atoms with E-state index in [4.69, 9.17) is 10.1 Å². The van der Waals surface area contributed by atoms with Gasteiger partial charge in [-0.1, -0.05) is 13.8 Å².